The Morgan fingerprint density at radius 2 is 1.84 bits per heavy atom. The van der Waals surface area contributed by atoms with E-state index in [1.165, 1.54) is 12.1 Å². The zero-order chi connectivity index (χ0) is 22.7. The number of hydrogen-bond acceptors (Lipinski definition) is 6. The molecule has 1 amide bonds. The number of nitrogens with one attached hydrogen (secondary N) is 1. The second-order valence-electron chi connectivity index (χ2n) is 8.27. The third kappa shape index (κ3) is 5.07. The minimum atomic E-state index is -0.301. The van der Waals surface area contributed by atoms with Gasteiger partial charge in [-0.1, -0.05) is 12.1 Å². The molecule has 1 atom stereocenters. The van der Waals surface area contributed by atoms with Crippen molar-refractivity contribution in [3.8, 4) is 0 Å². The first kappa shape index (κ1) is 21.8. The van der Waals surface area contributed by atoms with Crippen molar-refractivity contribution >= 4 is 11.9 Å². The lowest BCUT2D eigenvalue weighted by atomic mass is 9.97. The second-order valence-corrected chi connectivity index (χ2v) is 8.27. The normalized spacial score (nSPS) is 16.1. The van der Waals surface area contributed by atoms with E-state index in [1.54, 1.807) is 18.3 Å². The number of anilines is 1. The summed E-state index contributed by atoms with van der Waals surface area (Å²) in [6.07, 6.45) is 3.59. The van der Waals surface area contributed by atoms with E-state index < -0.39 is 0 Å². The Labute approximate surface area is 187 Å². The molecule has 1 aromatic carbocycles. The van der Waals surface area contributed by atoms with Crippen LogP contribution in [0.1, 0.15) is 57.6 Å². The lowest BCUT2D eigenvalue weighted by Gasteiger charge is -2.32. The molecule has 3 heterocycles. The van der Waals surface area contributed by atoms with Crippen LogP contribution in [0.2, 0.25) is 0 Å². The maximum Gasteiger partial charge on any atom is 0.254 e. The van der Waals surface area contributed by atoms with Crippen LogP contribution < -0.4 is 10.2 Å². The summed E-state index contributed by atoms with van der Waals surface area (Å²) in [4.78, 5) is 33.2. The Hall–Kier alpha value is -3.42. The second kappa shape index (κ2) is 9.38. The Balaban J connectivity index is 1.43. The first-order chi connectivity index (χ1) is 15.4. The number of benzene rings is 1. The van der Waals surface area contributed by atoms with Crippen molar-refractivity contribution < 1.29 is 9.18 Å². The number of aryl methyl sites for hydroxylation is 3. The van der Waals surface area contributed by atoms with Gasteiger partial charge in [-0.2, -0.15) is 0 Å². The maximum atomic E-state index is 13.0. The molecule has 2 aromatic heterocycles. The van der Waals surface area contributed by atoms with Crippen LogP contribution >= 0.6 is 0 Å². The molecule has 1 fully saturated rings. The third-order valence-corrected chi connectivity index (χ3v) is 5.65. The van der Waals surface area contributed by atoms with Gasteiger partial charge in [-0.15, -0.1) is 0 Å². The molecule has 1 saturated heterocycles. The largest absolute Gasteiger partial charge is 0.348 e. The summed E-state index contributed by atoms with van der Waals surface area (Å²) < 4.78 is 13.0. The highest BCUT2D eigenvalue weighted by Gasteiger charge is 2.26. The van der Waals surface area contributed by atoms with Gasteiger partial charge >= 0.3 is 0 Å². The quantitative estimate of drug-likeness (QED) is 0.660. The van der Waals surface area contributed by atoms with E-state index in [-0.39, 0.29) is 17.6 Å². The zero-order valence-electron chi connectivity index (χ0n) is 18.6. The molecule has 0 saturated carbocycles. The highest BCUT2D eigenvalue weighted by atomic mass is 19.1. The molecular weight excluding hydrogens is 407 g/mol. The van der Waals surface area contributed by atoms with E-state index >= 15 is 0 Å². The van der Waals surface area contributed by atoms with Gasteiger partial charge in [0, 0.05) is 43.1 Å². The fourth-order valence-electron chi connectivity index (χ4n) is 4.00. The highest BCUT2D eigenvalue weighted by Crippen LogP contribution is 2.27. The first-order valence-corrected chi connectivity index (χ1v) is 10.8. The SMILES string of the molecule is Cc1cc(C)nc(N2CCC[C@H](c3ncc(C(=O)NCc4ccc(F)cc4)c(C)n3)C2)n1. The number of piperidine rings is 1. The third-order valence-electron chi connectivity index (χ3n) is 5.65. The summed E-state index contributed by atoms with van der Waals surface area (Å²) in [7, 11) is 0. The molecule has 1 aliphatic heterocycles. The predicted octanol–water partition coefficient (Wildman–Crippen LogP) is 3.64. The van der Waals surface area contributed by atoms with Gasteiger partial charge in [0.25, 0.3) is 5.91 Å². The Morgan fingerprint density at radius 1 is 1.12 bits per heavy atom. The van der Waals surface area contributed by atoms with E-state index in [1.807, 2.05) is 26.8 Å². The molecule has 0 radical (unpaired) electrons. The minimum absolute atomic E-state index is 0.156. The van der Waals surface area contributed by atoms with Crippen LogP contribution in [0.3, 0.4) is 0 Å². The maximum absolute atomic E-state index is 13.0. The van der Waals surface area contributed by atoms with Gasteiger partial charge in [-0.3, -0.25) is 4.79 Å². The van der Waals surface area contributed by atoms with Gasteiger partial charge < -0.3 is 10.2 Å². The van der Waals surface area contributed by atoms with Crippen LogP contribution in [-0.2, 0) is 6.54 Å². The van der Waals surface area contributed by atoms with Crippen LogP contribution in [0.25, 0.3) is 0 Å². The molecule has 1 aliphatic rings. The molecule has 0 spiro atoms. The Morgan fingerprint density at radius 3 is 2.53 bits per heavy atom. The van der Waals surface area contributed by atoms with Gasteiger partial charge in [0.05, 0.1) is 11.3 Å². The topological polar surface area (TPSA) is 83.9 Å². The smallest absolute Gasteiger partial charge is 0.254 e. The molecule has 3 aromatic rings. The standard InChI is InChI=1S/C24H27FN6O/c1-15-11-16(2)29-24(28-15)31-10-4-5-19(14-31)22-26-13-21(17(3)30-22)23(32)27-12-18-6-8-20(25)9-7-18/h6-9,11,13,19H,4-5,10,12,14H2,1-3H3,(H,27,32)/t19-/m0/s1. The number of amides is 1. The van der Waals surface area contributed by atoms with Crippen LogP contribution in [0.15, 0.2) is 36.5 Å². The summed E-state index contributed by atoms with van der Waals surface area (Å²) in [5.74, 6) is 1.10. The Bertz CT molecular complexity index is 1100. The number of nitrogens with zero attached hydrogens (tertiary/aromatic N) is 5. The molecule has 8 heteroatoms. The number of rotatable bonds is 5. The zero-order valence-corrected chi connectivity index (χ0v) is 18.6. The van der Waals surface area contributed by atoms with Crippen molar-refractivity contribution in [2.75, 3.05) is 18.0 Å². The van der Waals surface area contributed by atoms with E-state index in [4.69, 9.17) is 0 Å². The molecule has 166 valence electrons. The van der Waals surface area contributed by atoms with Crippen molar-refractivity contribution in [2.45, 2.75) is 46.1 Å². The molecule has 0 bridgehead atoms. The Kier molecular flexibility index (Phi) is 6.39. The van der Waals surface area contributed by atoms with E-state index in [0.717, 1.165) is 54.7 Å². The predicted molar refractivity (Wildman–Crippen MR) is 120 cm³/mol. The summed E-state index contributed by atoms with van der Waals surface area (Å²) in [6.45, 7) is 7.75. The van der Waals surface area contributed by atoms with Crippen LogP contribution in [-0.4, -0.2) is 38.9 Å². The first-order valence-electron chi connectivity index (χ1n) is 10.8. The fraction of sp³-hybridized carbons (Fsp3) is 0.375. The van der Waals surface area contributed by atoms with Crippen LogP contribution in [0.4, 0.5) is 10.3 Å². The number of hydrogen-bond donors (Lipinski definition) is 1. The minimum Gasteiger partial charge on any atom is -0.348 e. The van der Waals surface area contributed by atoms with Crippen LogP contribution in [0, 0.1) is 26.6 Å². The fourth-order valence-corrected chi connectivity index (χ4v) is 4.00. The van der Waals surface area contributed by atoms with Crippen molar-refractivity contribution in [1.82, 2.24) is 25.3 Å². The van der Waals surface area contributed by atoms with Crippen molar-refractivity contribution in [1.29, 1.82) is 0 Å². The van der Waals surface area contributed by atoms with Crippen LogP contribution in [0.5, 0.6) is 0 Å². The molecule has 0 unspecified atom stereocenters. The van der Waals surface area contributed by atoms with E-state index in [9.17, 15) is 9.18 Å². The molecule has 32 heavy (non-hydrogen) atoms. The average Bonchev–Trinajstić information content (AvgIpc) is 2.78. The molecule has 1 N–H and O–H groups in total. The summed E-state index contributed by atoms with van der Waals surface area (Å²) in [6, 6.07) is 8.02. The summed E-state index contributed by atoms with van der Waals surface area (Å²) >= 11 is 0. The number of carbonyl (C=O) groups excluding carboxylic acids is 1. The molecule has 7 nitrogen and oxygen atoms in total. The lowest BCUT2D eigenvalue weighted by molar-refractivity contribution is 0.0949. The monoisotopic (exact) mass is 434 g/mol. The number of carbonyl (C=O) groups is 1. The number of halogens is 1. The van der Waals surface area contributed by atoms with Gasteiger partial charge in [0.15, 0.2) is 0 Å². The lowest BCUT2D eigenvalue weighted by Crippen LogP contribution is -2.36. The van der Waals surface area contributed by atoms with Gasteiger partial charge in [0.1, 0.15) is 11.6 Å². The van der Waals surface area contributed by atoms with E-state index in [2.05, 4.69) is 30.2 Å². The van der Waals surface area contributed by atoms with Gasteiger partial charge in [0.2, 0.25) is 5.95 Å². The van der Waals surface area contributed by atoms with Gasteiger partial charge in [-0.25, -0.2) is 24.3 Å². The van der Waals surface area contributed by atoms with Crippen molar-refractivity contribution in [2.24, 2.45) is 0 Å². The molecule has 0 aliphatic carbocycles. The molecular formula is C24H27FN6O. The van der Waals surface area contributed by atoms with E-state index in [0.29, 0.717) is 17.8 Å². The summed E-state index contributed by atoms with van der Waals surface area (Å²) in [5, 5.41) is 2.85. The van der Waals surface area contributed by atoms with Gasteiger partial charge in [-0.05, 0) is 57.4 Å². The summed E-state index contributed by atoms with van der Waals surface area (Å²) in [5.41, 5.74) is 3.83. The van der Waals surface area contributed by atoms with Crippen molar-refractivity contribution in [3.63, 3.8) is 0 Å². The average molecular weight is 435 g/mol. The molecule has 4 rings (SSSR count). The number of aromatic nitrogens is 4. The highest BCUT2D eigenvalue weighted by molar-refractivity contribution is 5.94. The van der Waals surface area contributed by atoms with Crippen molar-refractivity contribution in [3.05, 3.63) is 76.4 Å².